The van der Waals surface area contributed by atoms with Crippen molar-refractivity contribution in [3.05, 3.63) is 46.6 Å². The quantitative estimate of drug-likeness (QED) is 0.440. The number of aryl methyl sites for hydroxylation is 1. The van der Waals surface area contributed by atoms with E-state index in [4.69, 9.17) is 24.0 Å². The molecule has 1 aromatic heterocycles. The molecule has 0 aliphatic carbocycles. The maximum absolute atomic E-state index is 11.4. The van der Waals surface area contributed by atoms with Gasteiger partial charge in [0.1, 0.15) is 31.0 Å². The number of carbonyl (C=O) groups excluding carboxylic acids is 1. The summed E-state index contributed by atoms with van der Waals surface area (Å²) >= 11 is 0. The van der Waals surface area contributed by atoms with Gasteiger partial charge in [-0.25, -0.2) is 4.79 Å². The summed E-state index contributed by atoms with van der Waals surface area (Å²) in [4.78, 5) is 11.4. The summed E-state index contributed by atoms with van der Waals surface area (Å²) in [5.74, 6) is 0.267. The number of ether oxygens (including phenoxy) is 5. The molecule has 2 saturated heterocycles. The summed E-state index contributed by atoms with van der Waals surface area (Å²) in [6.07, 6.45) is -5.01. The van der Waals surface area contributed by atoms with Crippen LogP contribution in [0.3, 0.4) is 0 Å². The maximum Gasteiger partial charge on any atom is 0.508 e. The highest BCUT2D eigenvalue weighted by molar-refractivity contribution is 5.59. The fourth-order valence-electron chi connectivity index (χ4n) is 4.68. The smallest absolute Gasteiger partial charge is 0.443 e. The van der Waals surface area contributed by atoms with Crippen LogP contribution < -0.4 is 4.74 Å². The number of aliphatic hydroxyl groups excluding tert-OH is 3. The minimum atomic E-state index is -1.59. The van der Waals surface area contributed by atoms with Gasteiger partial charge in [0.25, 0.3) is 0 Å². The number of rotatable bonds is 8. The zero-order valence-corrected chi connectivity index (χ0v) is 21.4. The predicted octanol–water partition coefficient (Wildman–Crippen LogP) is 1.67. The fraction of sp³-hybridized carbons (Fsp3) is 0.615. The van der Waals surface area contributed by atoms with Crippen LogP contribution >= 0.6 is 0 Å². The van der Waals surface area contributed by atoms with Crippen LogP contribution in [0.25, 0.3) is 0 Å². The fourth-order valence-corrected chi connectivity index (χ4v) is 4.68. The van der Waals surface area contributed by atoms with E-state index in [9.17, 15) is 20.1 Å². The van der Waals surface area contributed by atoms with Gasteiger partial charge in [-0.3, -0.25) is 4.68 Å². The van der Waals surface area contributed by atoms with Gasteiger partial charge in [0.05, 0.1) is 13.2 Å². The van der Waals surface area contributed by atoms with Gasteiger partial charge in [0.2, 0.25) is 12.2 Å². The SMILES string of the molecule is CCc1ccc(Cc2c(O[C@@H]3O[C@H](COC(=O)OC)[C@@H](O)[C@H](O)[C@H]3O)nn(C3CCOCC3)c2C)cc1. The first kappa shape index (κ1) is 27.3. The molecule has 0 amide bonds. The highest BCUT2D eigenvalue weighted by atomic mass is 16.7. The van der Waals surface area contributed by atoms with Gasteiger partial charge >= 0.3 is 6.16 Å². The molecule has 2 aliphatic rings. The van der Waals surface area contributed by atoms with E-state index in [1.165, 1.54) is 5.56 Å². The lowest BCUT2D eigenvalue weighted by molar-refractivity contribution is -0.278. The van der Waals surface area contributed by atoms with Crippen LogP contribution in [0.5, 0.6) is 5.88 Å². The van der Waals surface area contributed by atoms with Crippen molar-refractivity contribution in [2.75, 3.05) is 26.9 Å². The van der Waals surface area contributed by atoms with Crippen LogP contribution in [-0.4, -0.2) is 88.9 Å². The van der Waals surface area contributed by atoms with Crippen molar-refractivity contribution in [2.45, 2.75) is 76.3 Å². The van der Waals surface area contributed by atoms with E-state index in [-0.39, 0.29) is 11.9 Å². The van der Waals surface area contributed by atoms with Crippen molar-refractivity contribution in [2.24, 2.45) is 0 Å². The zero-order chi connectivity index (χ0) is 26.5. The molecule has 0 radical (unpaired) electrons. The van der Waals surface area contributed by atoms with Crippen molar-refractivity contribution < 1.29 is 43.8 Å². The van der Waals surface area contributed by atoms with Crippen LogP contribution in [0.2, 0.25) is 0 Å². The molecule has 11 nitrogen and oxygen atoms in total. The Morgan fingerprint density at radius 2 is 1.76 bits per heavy atom. The normalized spacial score (nSPS) is 26.6. The van der Waals surface area contributed by atoms with Crippen molar-refractivity contribution in [3.8, 4) is 5.88 Å². The molecule has 2 aliphatic heterocycles. The molecule has 204 valence electrons. The average Bonchev–Trinajstić information content (AvgIpc) is 3.23. The van der Waals surface area contributed by atoms with E-state index in [0.29, 0.717) is 19.6 Å². The number of hydrogen-bond donors (Lipinski definition) is 3. The van der Waals surface area contributed by atoms with Crippen LogP contribution in [0.4, 0.5) is 4.79 Å². The van der Waals surface area contributed by atoms with Crippen molar-refractivity contribution in [1.29, 1.82) is 0 Å². The van der Waals surface area contributed by atoms with E-state index in [1.807, 2.05) is 11.6 Å². The van der Waals surface area contributed by atoms with Gasteiger partial charge in [-0.15, -0.1) is 5.10 Å². The van der Waals surface area contributed by atoms with Gasteiger partial charge in [-0.2, -0.15) is 0 Å². The van der Waals surface area contributed by atoms with Gasteiger partial charge < -0.3 is 39.0 Å². The Morgan fingerprint density at radius 1 is 1.08 bits per heavy atom. The number of aromatic nitrogens is 2. The zero-order valence-electron chi connectivity index (χ0n) is 21.4. The van der Waals surface area contributed by atoms with Gasteiger partial charge in [-0.05, 0) is 37.3 Å². The first-order valence-electron chi connectivity index (χ1n) is 12.6. The molecule has 3 heterocycles. The predicted molar refractivity (Wildman–Crippen MR) is 130 cm³/mol. The molecule has 0 unspecified atom stereocenters. The molecule has 37 heavy (non-hydrogen) atoms. The highest BCUT2D eigenvalue weighted by Crippen LogP contribution is 2.33. The third-order valence-corrected chi connectivity index (χ3v) is 7.01. The second-order valence-corrected chi connectivity index (χ2v) is 9.40. The summed E-state index contributed by atoms with van der Waals surface area (Å²) in [7, 11) is 1.15. The Bertz CT molecular complexity index is 1040. The second kappa shape index (κ2) is 12.2. The van der Waals surface area contributed by atoms with Gasteiger partial charge in [-0.1, -0.05) is 31.2 Å². The van der Waals surface area contributed by atoms with Crippen molar-refractivity contribution in [1.82, 2.24) is 9.78 Å². The number of carbonyl (C=O) groups is 1. The summed E-state index contributed by atoms with van der Waals surface area (Å²) < 4.78 is 28.6. The van der Waals surface area contributed by atoms with Crippen LogP contribution in [0, 0.1) is 6.92 Å². The Hall–Kier alpha value is -2.70. The summed E-state index contributed by atoms with van der Waals surface area (Å²) in [5, 5.41) is 36.1. The number of methoxy groups -OCH3 is 1. The highest BCUT2D eigenvalue weighted by Gasteiger charge is 2.46. The average molecular weight is 521 g/mol. The largest absolute Gasteiger partial charge is 0.508 e. The monoisotopic (exact) mass is 520 g/mol. The minimum Gasteiger partial charge on any atom is -0.443 e. The molecule has 4 rings (SSSR count). The molecule has 0 spiro atoms. The minimum absolute atomic E-state index is 0.137. The van der Waals surface area contributed by atoms with E-state index >= 15 is 0 Å². The Kier molecular flexibility index (Phi) is 9.04. The lowest BCUT2D eigenvalue weighted by Crippen LogP contribution is -2.60. The van der Waals surface area contributed by atoms with E-state index in [1.54, 1.807) is 0 Å². The molecule has 2 fully saturated rings. The number of hydrogen-bond acceptors (Lipinski definition) is 10. The van der Waals surface area contributed by atoms with Crippen molar-refractivity contribution >= 4 is 6.16 Å². The Morgan fingerprint density at radius 3 is 2.41 bits per heavy atom. The number of aliphatic hydroxyl groups is 3. The first-order valence-corrected chi connectivity index (χ1v) is 12.6. The van der Waals surface area contributed by atoms with Gasteiger partial charge in [0.15, 0.2) is 0 Å². The lowest BCUT2D eigenvalue weighted by Gasteiger charge is -2.39. The number of benzene rings is 1. The molecular formula is C26H36N2O9. The second-order valence-electron chi connectivity index (χ2n) is 9.40. The van der Waals surface area contributed by atoms with Crippen molar-refractivity contribution in [3.63, 3.8) is 0 Å². The van der Waals surface area contributed by atoms with E-state index in [2.05, 4.69) is 35.9 Å². The molecular weight excluding hydrogens is 484 g/mol. The van der Waals surface area contributed by atoms with E-state index in [0.717, 1.165) is 43.2 Å². The third-order valence-electron chi connectivity index (χ3n) is 7.01. The third kappa shape index (κ3) is 6.24. The van der Waals surface area contributed by atoms with Gasteiger partial charge in [0, 0.05) is 30.9 Å². The molecule has 0 saturated carbocycles. The molecule has 11 heteroatoms. The molecule has 3 N–H and O–H groups in total. The molecule has 5 atom stereocenters. The lowest BCUT2D eigenvalue weighted by atomic mass is 9.99. The van der Waals surface area contributed by atoms with Crippen LogP contribution in [0.15, 0.2) is 24.3 Å². The molecule has 2 aromatic rings. The van der Waals surface area contributed by atoms with E-state index < -0.39 is 43.5 Å². The Balaban J connectivity index is 1.60. The number of nitrogens with zero attached hydrogens (tertiary/aromatic N) is 2. The molecule has 1 aromatic carbocycles. The van der Waals surface area contributed by atoms with Crippen LogP contribution in [-0.2, 0) is 31.8 Å². The Labute approximate surface area is 215 Å². The molecule has 0 bridgehead atoms. The first-order chi connectivity index (χ1) is 17.8. The summed E-state index contributed by atoms with van der Waals surface area (Å²) in [5.41, 5.74) is 4.07. The van der Waals surface area contributed by atoms with Crippen LogP contribution in [0.1, 0.15) is 48.2 Å². The standard InChI is InChI=1S/C26H36N2O9/c1-4-16-5-7-17(8-6-16)13-19-15(2)28(18-9-11-34-12-10-18)27-24(19)37-25-23(31)22(30)21(29)20(36-25)14-35-26(32)33-3/h5-8,18,20-23,25,29-31H,4,9-14H2,1-3H3/t20-,21-,22+,23-,25+/m1/s1. The summed E-state index contributed by atoms with van der Waals surface area (Å²) in [6.45, 7) is 4.97. The topological polar surface area (TPSA) is 142 Å². The maximum atomic E-state index is 11.4. The summed E-state index contributed by atoms with van der Waals surface area (Å²) in [6, 6.07) is 8.45.